The molecule has 2 N–H and O–H groups in total. The monoisotopic (exact) mass is 466 g/mol. The van der Waals surface area contributed by atoms with Crippen molar-refractivity contribution in [1.29, 1.82) is 0 Å². The molecular weight excluding hydrogens is 439 g/mol. The second-order valence-corrected chi connectivity index (χ2v) is 6.51. The molecule has 136 valence electrons. The Morgan fingerprint density at radius 1 is 1.25 bits per heavy atom. The van der Waals surface area contributed by atoms with Crippen molar-refractivity contribution in [1.82, 2.24) is 15.5 Å². The van der Waals surface area contributed by atoms with E-state index in [1.165, 1.54) is 0 Å². The number of ether oxygens (including phenoxy) is 1. The zero-order valence-corrected chi connectivity index (χ0v) is 17.7. The Hall–Kier alpha value is -0.570. The van der Waals surface area contributed by atoms with Crippen LogP contribution in [0.3, 0.4) is 0 Å². The SMILES string of the molecule is CN=C(NCc1ccccc1Cl)NCC1(N(C)C)CCOCC1.I. The summed E-state index contributed by atoms with van der Waals surface area (Å²) in [5.41, 5.74) is 1.17. The Kier molecular flexibility index (Phi) is 9.33. The van der Waals surface area contributed by atoms with Gasteiger partial charge in [0.1, 0.15) is 0 Å². The molecule has 1 heterocycles. The molecular formula is C17H28ClIN4O. The van der Waals surface area contributed by atoms with Crippen LogP contribution >= 0.6 is 35.6 Å². The van der Waals surface area contributed by atoms with E-state index in [1.54, 1.807) is 7.05 Å². The summed E-state index contributed by atoms with van der Waals surface area (Å²) in [4.78, 5) is 6.60. The van der Waals surface area contributed by atoms with Gasteiger partial charge in [-0.15, -0.1) is 24.0 Å². The summed E-state index contributed by atoms with van der Waals surface area (Å²) >= 11 is 6.19. The van der Waals surface area contributed by atoms with Gasteiger partial charge in [-0.2, -0.15) is 0 Å². The third kappa shape index (κ3) is 5.75. The quantitative estimate of drug-likeness (QED) is 0.398. The van der Waals surface area contributed by atoms with Crippen molar-refractivity contribution in [2.24, 2.45) is 4.99 Å². The van der Waals surface area contributed by atoms with Crippen LogP contribution in [0, 0.1) is 0 Å². The molecule has 0 radical (unpaired) electrons. The standard InChI is InChI=1S/C17H27ClN4O.HI/c1-19-16(20-12-14-6-4-5-7-15(14)18)21-13-17(22(2)3)8-10-23-11-9-17;/h4-7H,8-13H2,1-3H3,(H2,19,20,21);1H. The molecule has 0 spiro atoms. The van der Waals surface area contributed by atoms with Crippen LogP contribution in [0.5, 0.6) is 0 Å². The first kappa shape index (κ1) is 21.5. The van der Waals surface area contributed by atoms with Crippen molar-refractivity contribution >= 4 is 41.5 Å². The van der Waals surface area contributed by atoms with Crippen LogP contribution in [0.4, 0.5) is 0 Å². The first-order valence-electron chi connectivity index (χ1n) is 8.00. The number of guanidine groups is 1. The fourth-order valence-electron chi connectivity index (χ4n) is 2.82. The van der Waals surface area contributed by atoms with E-state index in [-0.39, 0.29) is 29.5 Å². The molecule has 5 nitrogen and oxygen atoms in total. The van der Waals surface area contributed by atoms with E-state index in [1.807, 2.05) is 24.3 Å². The highest BCUT2D eigenvalue weighted by atomic mass is 127. The minimum absolute atomic E-state index is 0. The first-order valence-corrected chi connectivity index (χ1v) is 8.38. The van der Waals surface area contributed by atoms with Gasteiger partial charge in [0.25, 0.3) is 0 Å². The lowest BCUT2D eigenvalue weighted by Gasteiger charge is -2.43. The van der Waals surface area contributed by atoms with Gasteiger partial charge < -0.3 is 20.3 Å². The van der Waals surface area contributed by atoms with Crippen molar-refractivity contribution in [3.8, 4) is 0 Å². The number of hydrogen-bond donors (Lipinski definition) is 2. The van der Waals surface area contributed by atoms with Gasteiger partial charge in [0.05, 0.1) is 0 Å². The first-order chi connectivity index (χ1) is 11.1. The topological polar surface area (TPSA) is 48.9 Å². The molecule has 1 aliphatic heterocycles. The molecule has 1 aromatic rings. The van der Waals surface area contributed by atoms with Gasteiger partial charge in [-0.05, 0) is 38.6 Å². The lowest BCUT2D eigenvalue weighted by atomic mass is 9.88. The number of halogens is 2. The maximum Gasteiger partial charge on any atom is 0.191 e. The fourth-order valence-corrected chi connectivity index (χ4v) is 3.03. The predicted octanol–water partition coefficient (Wildman–Crippen LogP) is 2.73. The molecule has 1 fully saturated rings. The highest BCUT2D eigenvalue weighted by molar-refractivity contribution is 14.0. The third-order valence-corrected chi connectivity index (χ3v) is 4.95. The van der Waals surface area contributed by atoms with Crippen LogP contribution in [-0.4, -0.2) is 57.3 Å². The number of benzene rings is 1. The normalized spacial score (nSPS) is 17.3. The smallest absolute Gasteiger partial charge is 0.191 e. The molecule has 1 saturated heterocycles. The number of hydrogen-bond acceptors (Lipinski definition) is 3. The van der Waals surface area contributed by atoms with Crippen molar-refractivity contribution < 1.29 is 4.74 Å². The maximum atomic E-state index is 6.19. The Bertz CT molecular complexity index is 533. The van der Waals surface area contributed by atoms with E-state index in [4.69, 9.17) is 16.3 Å². The number of rotatable bonds is 5. The van der Waals surface area contributed by atoms with Gasteiger partial charge in [-0.3, -0.25) is 4.99 Å². The average molecular weight is 467 g/mol. The maximum absolute atomic E-state index is 6.19. The summed E-state index contributed by atoms with van der Waals surface area (Å²) < 4.78 is 5.51. The van der Waals surface area contributed by atoms with Gasteiger partial charge in [-0.25, -0.2) is 0 Å². The molecule has 0 aromatic heterocycles. The molecule has 0 amide bonds. The minimum atomic E-state index is 0. The highest BCUT2D eigenvalue weighted by Crippen LogP contribution is 2.25. The molecule has 1 aromatic carbocycles. The second-order valence-electron chi connectivity index (χ2n) is 6.10. The van der Waals surface area contributed by atoms with Crippen molar-refractivity contribution in [3.63, 3.8) is 0 Å². The molecule has 0 unspecified atom stereocenters. The molecule has 0 atom stereocenters. The Labute approximate surface area is 167 Å². The summed E-state index contributed by atoms with van der Waals surface area (Å²) in [6.45, 7) is 3.11. The number of nitrogens with one attached hydrogen (secondary N) is 2. The number of nitrogens with zero attached hydrogens (tertiary/aromatic N) is 2. The van der Waals surface area contributed by atoms with Crippen LogP contribution in [0.2, 0.25) is 5.02 Å². The molecule has 0 saturated carbocycles. The Morgan fingerprint density at radius 2 is 1.92 bits per heavy atom. The molecule has 0 bridgehead atoms. The Morgan fingerprint density at radius 3 is 2.50 bits per heavy atom. The third-order valence-electron chi connectivity index (χ3n) is 4.58. The van der Waals surface area contributed by atoms with E-state index in [9.17, 15) is 0 Å². The largest absolute Gasteiger partial charge is 0.381 e. The van der Waals surface area contributed by atoms with Crippen LogP contribution < -0.4 is 10.6 Å². The molecule has 7 heteroatoms. The zero-order chi connectivity index (χ0) is 16.7. The summed E-state index contributed by atoms with van der Waals surface area (Å²) in [5, 5.41) is 7.54. The van der Waals surface area contributed by atoms with Crippen molar-refractivity contribution in [2.45, 2.75) is 24.9 Å². The zero-order valence-electron chi connectivity index (χ0n) is 14.6. The average Bonchev–Trinajstić information content (AvgIpc) is 2.57. The summed E-state index contributed by atoms with van der Waals surface area (Å²) in [7, 11) is 6.05. The van der Waals surface area contributed by atoms with Gasteiger partial charge in [0.15, 0.2) is 5.96 Å². The lowest BCUT2D eigenvalue weighted by molar-refractivity contribution is -0.00501. The van der Waals surface area contributed by atoms with E-state index in [0.29, 0.717) is 6.54 Å². The molecule has 1 aliphatic rings. The van der Waals surface area contributed by atoms with E-state index < -0.39 is 0 Å². The van der Waals surface area contributed by atoms with Crippen LogP contribution in [0.25, 0.3) is 0 Å². The van der Waals surface area contributed by atoms with Crippen molar-refractivity contribution in [3.05, 3.63) is 34.9 Å². The summed E-state index contributed by atoms with van der Waals surface area (Å²) in [6.07, 6.45) is 2.04. The van der Waals surface area contributed by atoms with Gasteiger partial charge in [0, 0.05) is 43.9 Å². The second kappa shape index (κ2) is 10.4. The molecule has 0 aliphatic carbocycles. The summed E-state index contributed by atoms with van der Waals surface area (Å²) in [6, 6.07) is 7.84. The number of aliphatic imine (C=N–C) groups is 1. The fraction of sp³-hybridized carbons (Fsp3) is 0.588. The highest BCUT2D eigenvalue weighted by Gasteiger charge is 2.34. The van der Waals surface area contributed by atoms with Crippen molar-refractivity contribution in [2.75, 3.05) is 40.9 Å². The number of likely N-dealkylation sites (N-methyl/N-ethyl adjacent to an activating group) is 1. The molecule has 24 heavy (non-hydrogen) atoms. The van der Waals surface area contributed by atoms with Crippen LogP contribution in [0.1, 0.15) is 18.4 Å². The van der Waals surface area contributed by atoms with Crippen LogP contribution in [-0.2, 0) is 11.3 Å². The van der Waals surface area contributed by atoms with Gasteiger partial charge >= 0.3 is 0 Å². The van der Waals surface area contributed by atoms with E-state index in [2.05, 4.69) is 34.6 Å². The van der Waals surface area contributed by atoms with E-state index in [0.717, 1.165) is 49.1 Å². The predicted molar refractivity (Wildman–Crippen MR) is 112 cm³/mol. The van der Waals surface area contributed by atoms with Gasteiger partial charge in [-0.1, -0.05) is 29.8 Å². The van der Waals surface area contributed by atoms with Gasteiger partial charge in [0.2, 0.25) is 0 Å². The minimum Gasteiger partial charge on any atom is -0.381 e. The lowest BCUT2D eigenvalue weighted by Crippen LogP contribution is -2.57. The summed E-state index contributed by atoms with van der Waals surface area (Å²) in [5.74, 6) is 0.789. The van der Waals surface area contributed by atoms with Crippen LogP contribution in [0.15, 0.2) is 29.3 Å². The van der Waals surface area contributed by atoms with E-state index >= 15 is 0 Å². The Balaban J connectivity index is 0.00000288. The molecule has 2 rings (SSSR count).